The molecule has 0 aliphatic carbocycles. The number of aromatic nitrogens is 1. The second-order valence-corrected chi connectivity index (χ2v) is 5.07. The van der Waals surface area contributed by atoms with Gasteiger partial charge in [0.25, 0.3) is 0 Å². The zero-order chi connectivity index (χ0) is 13.7. The third-order valence-corrected chi connectivity index (χ3v) is 2.61. The van der Waals surface area contributed by atoms with Gasteiger partial charge in [-0.15, -0.1) is 0 Å². The Labute approximate surface area is 117 Å². The smallest absolute Gasteiger partial charge is 0.142 e. The van der Waals surface area contributed by atoms with Crippen LogP contribution < -0.4 is 0 Å². The summed E-state index contributed by atoms with van der Waals surface area (Å²) in [6.45, 7) is 3.44. The number of H-pyrrole nitrogens is 1. The molecule has 100 valence electrons. The summed E-state index contributed by atoms with van der Waals surface area (Å²) < 4.78 is 13.1. The van der Waals surface area contributed by atoms with Gasteiger partial charge in [-0.05, 0) is 44.2 Å². The first-order chi connectivity index (χ1) is 8.43. The number of hydrogen-bond acceptors (Lipinski definition) is 2. The summed E-state index contributed by atoms with van der Waals surface area (Å²) in [6, 6.07) is 4.97. The Morgan fingerprint density at radius 2 is 2.00 bits per heavy atom. The van der Waals surface area contributed by atoms with E-state index in [1.807, 2.05) is 6.07 Å². The maximum Gasteiger partial charge on any atom is 0.142 e. The van der Waals surface area contributed by atoms with Crippen LogP contribution >= 0.6 is 24.2 Å². The highest BCUT2D eigenvalue weighted by Gasteiger charge is 2.05. The Bertz CT molecular complexity index is 471. The van der Waals surface area contributed by atoms with E-state index in [1.54, 1.807) is 19.9 Å². The zero-order valence-corrected chi connectivity index (χ0v) is 12.0. The second-order valence-electron chi connectivity index (χ2n) is 4.22. The highest BCUT2D eigenvalue weighted by Crippen LogP contribution is 2.23. The molecule has 0 radical (unpaired) electrons. The number of fused-ring (bicyclic) bond motifs is 1. The molecule has 0 amide bonds. The van der Waals surface area contributed by atoms with E-state index < -0.39 is 0 Å². The topological polar surface area (TPSA) is 36.0 Å². The fourth-order valence-corrected chi connectivity index (χ4v) is 1.85. The van der Waals surface area contributed by atoms with Gasteiger partial charge in [0.2, 0.25) is 0 Å². The average Bonchev–Trinajstić information content (AvgIpc) is 2.60. The van der Waals surface area contributed by atoms with Gasteiger partial charge in [-0.1, -0.05) is 11.6 Å². The molecule has 2 aromatic rings. The van der Waals surface area contributed by atoms with Gasteiger partial charge in [-0.25, -0.2) is 4.39 Å². The van der Waals surface area contributed by atoms with E-state index in [2.05, 4.69) is 17.6 Å². The van der Waals surface area contributed by atoms with E-state index in [0.29, 0.717) is 0 Å². The fourth-order valence-electron chi connectivity index (χ4n) is 1.44. The lowest BCUT2D eigenvalue weighted by molar-refractivity contribution is 0.216. The summed E-state index contributed by atoms with van der Waals surface area (Å²) in [6.07, 6.45) is 0.678. The van der Waals surface area contributed by atoms with Crippen LogP contribution in [-0.4, -0.2) is 21.9 Å². The number of aryl methyl sites for hydroxylation is 1. The molecule has 18 heavy (non-hydrogen) atoms. The maximum absolute atomic E-state index is 13.1. The van der Waals surface area contributed by atoms with Crippen molar-refractivity contribution < 1.29 is 9.50 Å². The lowest BCUT2D eigenvalue weighted by Gasteiger charge is -1.93. The largest absolute Gasteiger partial charge is 0.394 e. The van der Waals surface area contributed by atoms with Crippen molar-refractivity contribution in [1.29, 1.82) is 0 Å². The van der Waals surface area contributed by atoms with Gasteiger partial charge in [0.1, 0.15) is 5.82 Å². The van der Waals surface area contributed by atoms with Crippen molar-refractivity contribution in [3.05, 3.63) is 34.7 Å². The number of hydrogen-bond donors (Lipinski definition) is 3. The molecule has 5 heteroatoms. The van der Waals surface area contributed by atoms with Crippen LogP contribution in [0.2, 0.25) is 5.02 Å². The minimum Gasteiger partial charge on any atom is -0.394 e. The van der Waals surface area contributed by atoms with E-state index in [1.165, 1.54) is 6.07 Å². The Morgan fingerprint density at radius 3 is 2.56 bits per heavy atom. The SMILES string of the molecule is CC(C)O.Fc1cc2cc(CCS)[nH]c2cc1Cl. The summed E-state index contributed by atoms with van der Waals surface area (Å²) in [5, 5.41) is 9.06. The molecule has 0 saturated carbocycles. The standard InChI is InChI=1S/C10H9ClFNS.C3H8O/c11-8-5-10-6(4-9(8)12)3-7(13-10)1-2-14;1-3(2)4/h3-5,13-14H,1-2H2;3-4H,1-2H3. The molecule has 2 nitrogen and oxygen atoms in total. The van der Waals surface area contributed by atoms with Gasteiger partial charge >= 0.3 is 0 Å². The Kier molecular flexibility index (Phi) is 5.99. The lowest BCUT2D eigenvalue weighted by atomic mass is 10.2. The molecule has 2 N–H and O–H groups in total. The molecular weight excluding hydrogens is 273 g/mol. The van der Waals surface area contributed by atoms with E-state index in [-0.39, 0.29) is 16.9 Å². The minimum absolute atomic E-state index is 0.150. The quantitative estimate of drug-likeness (QED) is 0.722. The number of thiol groups is 1. The van der Waals surface area contributed by atoms with Gasteiger partial charge in [0, 0.05) is 22.7 Å². The number of aliphatic hydroxyl groups excluding tert-OH is 1. The van der Waals surface area contributed by atoms with Crippen molar-refractivity contribution >= 4 is 35.1 Å². The van der Waals surface area contributed by atoms with Crippen molar-refractivity contribution in [3.63, 3.8) is 0 Å². The van der Waals surface area contributed by atoms with E-state index in [9.17, 15) is 4.39 Å². The van der Waals surface area contributed by atoms with E-state index >= 15 is 0 Å². The number of aromatic amines is 1. The van der Waals surface area contributed by atoms with Crippen molar-refractivity contribution in [2.75, 3.05) is 5.75 Å². The first-order valence-corrected chi connectivity index (χ1v) is 6.70. The van der Waals surface area contributed by atoms with Crippen LogP contribution in [0.4, 0.5) is 4.39 Å². The summed E-state index contributed by atoms with van der Waals surface area (Å²) in [5.74, 6) is 0.388. The lowest BCUT2D eigenvalue weighted by Crippen LogP contribution is -1.85. The van der Waals surface area contributed by atoms with Crippen molar-refractivity contribution in [3.8, 4) is 0 Å². The average molecular weight is 290 g/mol. The van der Waals surface area contributed by atoms with Crippen LogP contribution in [0.3, 0.4) is 0 Å². The van der Waals surface area contributed by atoms with Gasteiger partial charge < -0.3 is 10.1 Å². The van der Waals surface area contributed by atoms with Crippen LogP contribution in [-0.2, 0) is 6.42 Å². The van der Waals surface area contributed by atoms with Crippen LogP contribution in [0.25, 0.3) is 10.9 Å². The highest BCUT2D eigenvalue weighted by atomic mass is 35.5. The summed E-state index contributed by atoms with van der Waals surface area (Å²) in [5.41, 5.74) is 1.92. The second kappa shape index (κ2) is 7.02. The van der Waals surface area contributed by atoms with E-state index in [0.717, 1.165) is 28.8 Å². The third-order valence-electron chi connectivity index (χ3n) is 2.10. The molecule has 1 heterocycles. The molecule has 0 unspecified atom stereocenters. The third kappa shape index (κ3) is 4.52. The number of halogens is 2. The summed E-state index contributed by atoms with van der Waals surface area (Å²) in [7, 11) is 0. The first-order valence-electron chi connectivity index (χ1n) is 5.69. The van der Waals surface area contributed by atoms with Crippen molar-refractivity contribution in [1.82, 2.24) is 4.98 Å². The molecular formula is C13H17ClFNOS. The Balaban J connectivity index is 0.000000357. The molecule has 2 rings (SSSR count). The monoisotopic (exact) mass is 289 g/mol. The zero-order valence-electron chi connectivity index (χ0n) is 10.4. The molecule has 1 aromatic carbocycles. The number of rotatable bonds is 2. The van der Waals surface area contributed by atoms with Crippen LogP contribution in [0.1, 0.15) is 19.5 Å². The minimum atomic E-state index is -0.379. The molecule has 0 atom stereocenters. The first kappa shape index (κ1) is 15.3. The Hall–Kier alpha value is -0.710. The van der Waals surface area contributed by atoms with Gasteiger partial charge in [0.15, 0.2) is 0 Å². The molecule has 0 spiro atoms. The highest BCUT2D eigenvalue weighted by molar-refractivity contribution is 7.80. The van der Waals surface area contributed by atoms with Crippen LogP contribution in [0.5, 0.6) is 0 Å². The predicted molar refractivity (Wildman–Crippen MR) is 78.2 cm³/mol. The van der Waals surface area contributed by atoms with Gasteiger partial charge in [-0.3, -0.25) is 0 Å². The number of aliphatic hydroxyl groups is 1. The molecule has 0 fully saturated rings. The molecule has 0 bridgehead atoms. The van der Waals surface area contributed by atoms with Crippen molar-refractivity contribution in [2.24, 2.45) is 0 Å². The number of benzene rings is 1. The number of nitrogens with one attached hydrogen (secondary N) is 1. The molecule has 0 saturated heterocycles. The Morgan fingerprint density at radius 1 is 1.39 bits per heavy atom. The predicted octanol–water partition coefficient (Wildman–Crippen LogP) is 3.82. The van der Waals surface area contributed by atoms with Crippen molar-refractivity contribution in [2.45, 2.75) is 26.4 Å². The normalized spacial score (nSPS) is 10.6. The maximum atomic E-state index is 13.1. The van der Waals surface area contributed by atoms with Crippen LogP contribution in [0, 0.1) is 5.82 Å². The molecule has 0 aliphatic heterocycles. The summed E-state index contributed by atoms with van der Waals surface area (Å²) in [4.78, 5) is 3.16. The molecule has 1 aromatic heterocycles. The molecule has 0 aliphatic rings. The fraction of sp³-hybridized carbons (Fsp3) is 0.385. The van der Waals surface area contributed by atoms with Crippen LogP contribution in [0.15, 0.2) is 18.2 Å². The summed E-state index contributed by atoms with van der Waals surface area (Å²) >= 11 is 9.80. The van der Waals surface area contributed by atoms with Gasteiger partial charge in [0.05, 0.1) is 5.02 Å². The van der Waals surface area contributed by atoms with Gasteiger partial charge in [-0.2, -0.15) is 12.6 Å². The van der Waals surface area contributed by atoms with E-state index in [4.69, 9.17) is 16.7 Å².